The highest BCUT2D eigenvalue weighted by Gasteiger charge is 2.28. The number of hydrogen-bond donors (Lipinski definition) is 2. The highest BCUT2D eigenvalue weighted by molar-refractivity contribution is 9.10. The monoisotopic (exact) mass is 317 g/mol. The normalized spacial score (nSPS) is 23.7. The Labute approximate surface area is 112 Å². The molecule has 2 atom stereocenters. The van der Waals surface area contributed by atoms with Crippen molar-refractivity contribution in [1.29, 1.82) is 0 Å². The van der Waals surface area contributed by atoms with E-state index in [1.807, 2.05) is 0 Å². The standard InChI is InChI=1S/C11H13BrFN3O2/c12-6-3-7(10(14)17)11(16-4-6)18-9-1-2-15-5-8(9)13/h3-4,8-9,15H,1-2,5H2,(H2,14,17)/t8-,9+/m1/s1. The number of alkyl halides is 1. The number of ether oxygens (including phenoxy) is 1. The average Bonchev–Trinajstić information content (AvgIpc) is 2.34. The lowest BCUT2D eigenvalue weighted by Crippen LogP contribution is -2.44. The second-order valence-corrected chi connectivity index (χ2v) is 4.95. The van der Waals surface area contributed by atoms with Crippen molar-refractivity contribution in [3.8, 4) is 5.88 Å². The first-order chi connectivity index (χ1) is 8.58. The van der Waals surface area contributed by atoms with Gasteiger partial charge in [-0.25, -0.2) is 9.37 Å². The van der Waals surface area contributed by atoms with Gasteiger partial charge in [-0.3, -0.25) is 4.79 Å². The summed E-state index contributed by atoms with van der Waals surface area (Å²) >= 11 is 3.19. The van der Waals surface area contributed by atoms with Gasteiger partial charge in [-0.2, -0.15) is 0 Å². The number of nitrogens with one attached hydrogen (secondary N) is 1. The molecule has 0 aliphatic carbocycles. The molecule has 0 bridgehead atoms. The Bertz CT molecular complexity index is 458. The molecule has 2 rings (SSSR count). The zero-order valence-corrected chi connectivity index (χ0v) is 11.1. The summed E-state index contributed by atoms with van der Waals surface area (Å²) in [7, 11) is 0. The molecule has 1 aromatic rings. The molecule has 1 amide bonds. The summed E-state index contributed by atoms with van der Waals surface area (Å²) in [6.45, 7) is 0.917. The molecule has 0 aromatic carbocycles. The minimum absolute atomic E-state index is 0.0836. The van der Waals surface area contributed by atoms with E-state index in [1.54, 1.807) is 0 Å². The first-order valence-electron chi connectivity index (χ1n) is 5.54. The SMILES string of the molecule is NC(=O)c1cc(Br)cnc1O[C@H]1CCNC[C@H]1F. The Hall–Kier alpha value is -1.21. The van der Waals surface area contributed by atoms with E-state index in [9.17, 15) is 9.18 Å². The summed E-state index contributed by atoms with van der Waals surface area (Å²) in [5.74, 6) is -0.566. The van der Waals surface area contributed by atoms with Crippen molar-refractivity contribution in [2.45, 2.75) is 18.7 Å². The summed E-state index contributed by atoms with van der Waals surface area (Å²) in [6.07, 6.45) is 0.288. The van der Waals surface area contributed by atoms with Gasteiger partial charge in [0.2, 0.25) is 5.88 Å². The number of carbonyl (C=O) groups is 1. The molecule has 98 valence electrons. The van der Waals surface area contributed by atoms with Crippen molar-refractivity contribution < 1.29 is 13.9 Å². The minimum atomic E-state index is -1.12. The van der Waals surface area contributed by atoms with Crippen LogP contribution in [-0.2, 0) is 0 Å². The number of aromatic nitrogens is 1. The van der Waals surface area contributed by atoms with E-state index < -0.39 is 18.2 Å². The van der Waals surface area contributed by atoms with Crippen LogP contribution in [0.2, 0.25) is 0 Å². The molecule has 1 aromatic heterocycles. The predicted molar refractivity (Wildman–Crippen MR) is 67.3 cm³/mol. The molecular formula is C11H13BrFN3O2. The summed E-state index contributed by atoms with van der Waals surface area (Å²) in [4.78, 5) is 15.2. The summed E-state index contributed by atoms with van der Waals surface area (Å²) in [5, 5.41) is 2.92. The Morgan fingerprint density at radius 1 is 1.67 bits per heavy atom. The van der Waals surface area contributed by atoms with Crippen molar-refractivity contribution in [3.05, 3.63) is 22.3 Å². The molecule has 5 nitrogen and oxygen atoms in total. The van der Waals surface area contributed by atoms with Crippen LogP contribution in [-0.4, -0.2) is 36.3 Å². The number of rotatable bonds is 3. The topological polar surface area (TPSA) is 77.2 Å². The van der Waals surface area contributed by atoms with Gasteiger partial charge in [0, 0.05) is 17.2 Å². The van der Waals surface area contributed by atoms with Crippen molar-refractivity contribution in [2.24, 2.45) is 5.73 Å². The number of hydrogen-bond acceptors (Lipinski definition) is 4. The fourth-order valence-corrected chi connectivity index (χ4v) is 2.10. The Morgan fingerprint density at radius 2 is 2.44 bits per heavy atom. The van der Waals surface area contributed by atoms with Crippen LogP contribution in [0.25, 0.3) is 0 Å². The Morgan fingerprint density at radius 3 is 3.11 bits per heavy atom. The van der Waals surface area contributed by atoms with Crippen LogP contribution in [0.5, 0.6) is 5.88 Å². The lowest BCUT2D eigenvalue weighted by molar-refractivity contribution is 0.0676. The molecule has 1 fully saturated rings. The molecule has 2 heterocycles. The number of pyridine rings is 1. The molecule has 3 N–H and O–H groups in total. The number of amides is 1. The van der Waals surface area contributed by atoms with Gasteiger partial charge in [0.05, 0.1) is 0 Å². The average molecular weight is 318 g/mol. The van der Waals surface area contributed by atoms with Crippen molar-refractivity contribution in [3.63, 3.8) is 0 Å². The molecule has 18 heavy (non-hydrogen) atoms. The molecule has 0 saturated carbocycles. The van der Waals surface area contributed by atoms with E-state index in [0.29, 0.717) is 17.4 Å². The summed E-state index contributed by atoms with van der Waals surface area (Å²) in [5.41, 5.74) is 5.39. The van der Waals surface area contributed by atoms with Crippen LogP contribution in [0.4, 0.5) is 4.39 Å². The predicted octanol–water partition coefficient (Wildman–Crippen LogP) is 1.02. The fourth-order valence-electron chi connectivity index (χ4n) is 1.77. The molecular weight excluding hydrogens is 305 g/mol. The Balaban J connectivity index is 2.20. The van der Waals surface area contributed by atoms with Gasteiger partial charge in [0.25, 0.3) is 5.91 Å². The lowest BCUT2D eigenvalue weighted by atomic mass is 10.1. The third kappa shape index (κ3) is 2.97. The first kappa shape index (κ1) is 13.2. The minimum Gasteiger partial charge on any atom is -0.471 e. The van der Waals surface area contributed by atoms with Crippen LogP contribution in [0.1, 0.15) is 16.8 Å². The zero-order valence-electron chi connectivity index (χ0n) is 9.53. The van der Waals surface area contributed by atoms with Gasteiger partial charge in [-0.15, -0.1) is 0 Å². The molecule has 0 radical (unpaired) electrons. The van der Waals surface area contributed by atoms with Crippen molar-refractivity contribution >= 4 is 21.8 Å². The van der Waals surface area contributed by atoms with Crippen LogP contribution >= 0.6 is 15.9 Å². The maximum Gasteiger partial charge on any atom is 0.254 e. The zero-order chi connectivity index (χ0) is 13.1. The summed E-state index contributed by atoms with van der Waals surface area (Å²) < 4.78 is 19.7. The van der Waals surface area contributed by atoms with Crippen molar-refractivity contribution in [1.82, 2.24) is 10.3 Å². The van der Waals surface area contributed by atoms with E-state index in [1.165, 1.54) is 12.3 Å². The fraction of sp³-hybridized carbons (Fsp3) is 0.455. The van der Waals surface area contributed by atoms with E-state index in [0.717, 1.165) is 0 Å². The maximum absolute atomic E-state index is 13.6. The molecule has 1 saturated heterocycles. The van der Waals surface area contributed by atoms with E-state index >= 15 is 0 Å². The van der Waals surface area contributed by atoms with Crippen LogP contribution in [0.15, 0.2) is 16.7 Å². The molecule has 1 aliphatic heterocycles. The highest BCUT2D eigenvalue weighted by Crippen LogP contribution is 2.23. The lowest BCUT2D eigenvalue weighted by Gasteiger charge is -2.27. The van der Waals surface area contributed by atoms with Gasteiger partial charge in [0.15, 0.2) is 0 Å². The van der Waals surface area contributed by atoms with Gasteiger partial charge in [-0.1, -0.05) is 0 Å². The van der Waals surface area contributed by atoms with Crippen LogP contribution in [0.3, 0.4) is 0 Å². The van der Waals surface area contributed by atoms with E-state index in [4.69, 9.17) is 10.5 Å². The van der Waals surface area contributed by atoms with Gasteiger partial charge >= 0.3 is 0 Å². The quantitative estimate of drug-likeness (QED) is 0.872. The van der Waals surface area contributed by atoms with Crippen LogP contribution < -0.4 is 15.8 Å². The Kier molecular flexibility index (Phi) is 4.13. The first-order valence-corrected chi connectivity index (χ1v) is 6.34. The van der Waals surface area contributed by atoms with Crippen molar-refractivity contribution in [2.75, 3.05) is 13.1 Å². The number of carbonyl (C=O) groups excluding carboxylic acids is 1. The second-order valence-electron chi connectivity index (χ2n) is 4.04. The van der Waals surface area contributed by atoms with E-state index in [-0.39, 0.29) is 18.0 Å². The molecule has 7 heteroatoms. The molecule has 0 unspecified atom stereocenters. The van der Waals surface area contributed by atoms with Gasteiger partial charge < -0.3 is 15.8 Å². The highest BCUT2D eigenvalue weighted by atomic mass is 79.9. The molecule has 0 spiro atoms. The number of halogens is 2. The molecule has 1 aliphatic rings. The van der Waals surface area contributed by atoms with Gasteiger partial charge in [-0.05, 0) is 35.0 Å². The van der Waals surface area contributed by atoms with Crippen LogP contribution in [0, 0.1) is 0 Å². The number of nitrogens with zero attached hydrogens (tertiary/aromatic N) is 1. The number of nitrogens with two attached hydrogens (primary N) is 1. The smallest absolute Gasteiger partial charge is 0.254 e. The second kappa shape index (κ2) is 5.62. The third-order valence-electron chi connectivity index (χ3n) is 2.69. The summed E-state index contributed by atoms with van der Waals surface area (Å²) in [6, 6.07) is 1.51. The maximum atomic E-state index is 13.6. The third-order valence-corrected chi connectivity index (χ3v) is 3.13. The number of piperidine rings is 1. The van der Waals surface area contributed by atoms with Gasteiger partial charge in [0.1, 0.15) is 17.8 Å². The number of primary amides is 1. The van der Waals surface area contributed by atoms with E-state index in [2.05, 4.69) is 26.2 Å². The largest absolute Gasteiger partial charge is 0.471 e.